The zero-order valence-electron chi connectivity index (χ0n) is 12.9. The Labute approximate surface area is 134 Å². The molecule has 0 atom stereocenters. The first-order valence-electron chi connectivity index (χ1n) is 7.45. The summed E-state index contributed by atoms with van der Waals surface area (Å²) in [4.78, 5) is 20.1. The van der Waals surface area contributed by atoms with Crippen LogP contribution in [0.5, 0.6) is 0 Å². The van der Waals surface area contributed by atoms with E-state index < -0.39 is 0 Å². The molecule has 0 bridgehead atoms. The van der Waals surface area contributed by atoms with Crippen LogP contribution in [-0.4, -0.2) is 36.8 Å². The van der Waals surface area contributed by atoms with E-state index in [1.54, 1.807) is 23.5 Å². The number of aromatic nitrogens is 5. The third-order valence-corrected chi connectivity index (χ3v) is 3.40. The van der Waals surface area contributed by atoms with Crippen LogP contribution in [0.15, 0.2) is 49.3 Å². The number of benzene rings is 1. The molecule has 0 unspecified atom stereocenters. The van der Waals surface area contributed by atoms with E-state index >= 15 is 0 Å². The Morgan fingerprint density at radius 3 is 3.00 bits per heavy atom. The van der Waals surface area contributed by atoms with Crippen molar-refractivity contribution in [3.8, 4) is 5.69 Å². The van der Waals surface area contributed by atoms with Gasteiger partial charge in [-0.25, -0.2) is 14.6 Å². The molecule has 7 heteroatoms. The Morgan fingerprint density at radius 2 is 2.22 bits per heavy atom. The predicted octanol–water partition coefficient (Wildman–Crippen LogP) is 1.59. The summed E-state index contributed by atoms with van der Waals surface area (Å²) in [5.41, 5.74) is 2.01. The SMILES string of the molecule is Cc1cccc(-n2cnc(C(=O)NCCCn3ccnc3)n2)c1. The van der Waals surface area contributed by atoms with E-state index in [2.05, 4.69) is 20.4 Å². The number of nitrogens with one attached hydrogen (secondary N) is 1. The largest absolute Gasteiger partial charge is 0.349 e. The maximum atomic E-state index is 12.0. The third kappa shape index (κ3) is 3.82. The van der Waals surface area contributed by atoms with Crippen molar-refractivity contribution in [3.63, 3.8) is 0 Å². The number of nitrogens with zero attached hydrogens (tertiary/aromatic N) is 5. The van der Waals surface area contributed by atoms with Crippen LogP contribution in [0.1, 0.15) is 22.6 Å². The number of hydrogen-bond donors (Lipinski definition) is 1. The molecule has 1 N–H and O–H groups in total. The number of aryl methyl sites for hydroxylation is 2. The highest BCUT2D eigenvalue weighted by molar-refractivity contribution is 5.90. The van der Waals surface area contributed by atoms with Crippen molar-refractivity contribution in [2.24, 2.45) is 0 Å². The van der Waals surface area contributed by atoms with Crippen LogP contribution in [0, 0.1) is 6.92 Å². The van der Waals surface area contributed by atoms with Gasteiger partial charge >= 0.3 is 0 Å². The van der Waals surface area contributed by atoms with Gasteiger partial charge in [-0.05, 0) is 31.0 Å². The fourth-order valence-electron chi connectivity index (χ4n) is 2.22. The molecule has 7 nitrogen and oxygen atoms in total. The minimum atomic E-state index is -0.262. The summed E-state index contributed by atoms with van der Waals surface area (Å²) in [5.74, 6) is -0.0869. The first-order valence-corrected chi connectivity index (χ1v) is 7.45. The van der Waals surface area contributed by atoms with E-state index in [0.29, 0.717) is 6.54 Å². The number of hydrogen-bond acceptors (Lipinski definition) is 4. The molecule has 0 radical (unpaired) electrons. The zero-order chi connectivity index (χ0) is 16.1. The van der Waals surface area contributed by atoms with Gasteiger partial charge in [-0.3, -0.25) is 4.79 Å². The van der Waals surface area contributed by atoms with E-state index in [1.807, 2.05) is 42.0 Å². The quantitative estimate of drug-likeness (QED) is 0.701. The molecule has 3 rings (SSSR count). The predicted molar refractivity (Wildman–Crippen MR) is 85.3 cm³/mol. The minimum absolute atomic E-state index is 0.175. The number of carbonyl (C=O) groups is 1. The average molecular weight is 310 g/mol. The molecule has 23 heavy (non-hydrogen) atoms. The number of carbonyl (C=O) groups excluding carboxylic acids is 1. The molecular weight excluding hydrogens is 292 g/mol. The monoisotopic (exact) mass is 310 g/mol. The van der Waals surface area contributed by atoms with Crippen LogP contribution in [0.3, 0.4) is 0 Å². The lowest BCUT2D eigenvalue weighted by molar-refractivity contribution is 0.0942. The molecule has 2 heterocycles. The fourth-order valence-corrected chi connectivity index (χ4v) is 2.22. The van der Waals surface area contributed by atoms with Crippen molar-refractivity contribution >= 4 is 5.91 Å². The van der Waals surface area contributed by atoms with Gasteiger partial charge in [-0.2, -0.15) is 0 Å². The summed E-state index contributed by atoms with van der Waals surface area (Å²) in [6, 6.07) is 7.87. The van der Waals surface area contributed by atoms with Gasteiger partial charge in [0.25, 0.3) is 5.91 Å². The Bertz CT molecular complexity index is 777. The Morgan fingerprint density at radius 1 is 1.30 bits per heavy atom. The molecule has 0 aliphatic heterocycles. The van der Waals surface area contributed by atoms with Crippen LogP contribution in [0.4, 0.5) is 0 Å². The lowest BCUT2D eigenvalue weighted by Crippen LogP contribution is -2.26. The molecular formula is C16H18N6O. The lowest BCUT2D eigenvalue weighted by Gasteiger charge is -2.03. The molecule has 1 amide bonds. The van der Waals surface area contributed by atoms with Gasteiger partial charge in [0.1, 0.15) is 6.33 Å². The standard InChI is InChI=1S/C16H18N6O/c1-13-4-2-5-14(10-13)22-12-19-15(20-22)16(23)18-6-3-8-21-9-7-17-11-21/h2,4-5,7,9-12H,3,6,8H2,1H3,(H,18,23). The molecule has 0 saturated carbocycles. The summed E-state index contributed by atoms with van der Waals surface area (Å²) >= 11 is 0. The van der Waals surface area contributed by atoms with Gasteiger partial charge in [-0.1, -0.05) is 12.1 Å². The van der Waals surface area contributed by atoms with Gasteiger partial charge in [0.15, 0.2) is 0 Å². The summed E-state index contributed by atoms with van der Waals surface area (Å²) in [7, 11) is 0. The van der Waals surface area contributed by atoms with Gasteiger partial charge in [0, 0.05) is 25.5 Å². The zero-order valence-corrected chi connectivity index (χ0v) is 12.9. The molecule has 118 valence electrons. The first-order chi connectivity index (χ1) is 11.2. The molecule has 3 aromatic rings. The molecule has 2 aromatic heterocycles. The number of imidazole rings is 1. The van der Waals surface area contributed by atoms with Crippen molar-refractivity contribution in [1.29, 1.82) is 0 Å². The van der Waals surface area contributed by atoms with Crippen molar-refractivity contribution in [2.75, 3.05) is 6.54 Å². The van der Waals surface area contributed by atoms with Crippen LogP contribution in [-0.2, 0) is 6.54 Å². The fraction of sp³-hybridized carbons (Fsp3) is 0.250. The summed E-state index contributed by atoms with van der Waals surface area (Å²) < 4.78 is 3.57. The highest BCUT2D eigenvalue weighted by Gasteiger charge is 2.11. The number of rotatable bonds is 6. The van der Waals surface area contributed by atoms with E-state index in [-0.39, 0.29) is 11.7 Å². The summed E-state index contributed by atoms with van der Waals surface area (Å²) in [6.45, 7) is 3.38. The van der Waals surface area contributed by atoms with Crippen molar-refractivity contribution in [3.05, 3.63) is 60.7 Å². The molecule has 0 aliphatic rings. The Hall–Kier alpha value is -2.96. The van der Waals surface area contributed by atoms with Crippen molar-refractivity contribution in [1.82, 2.24) is 29.6 Å². The molecule has 0 saturated heterocycles. The smallest absolute Gasteiger partial charge is 0.290 e. The highest BCUT2D eigenvalue weighted by Crippen LogP contribution is 2.08. The van der Waals surface area contributed by atoms with Gasteiger partial charge in [-0.15, -0.1) is 5.10 Å². The second-order valence-electron chi connectivity index (χ2n) is 5.26. The van der Waals surface area contributed by atoms with Crippen molar-refractivity contribution in [2.45, 2.75) is 19.9 Å². The Kier molecular flexibility index (Phi) is 4.46. The summed E-state index contributed by atoms with van der Waals surface area (Å²) in [6.07, 6.45) is 7.76. The second kappa shape index (κ2) is 6.87. The lowest BCUT2D eigenvalue weighted by atomic mass is 10.2. The molecule has 0 fully saturated rings. The maximum Gasteiger partial charge on any atom is 0.290 e. The van der Waals surface area contributed by atoms with Crippen LogP contribution < -0.4 is 5.32 Å². The van der Waals surface area contributed by atoms with Gasteiger partial charge in [0.2, 0.25) is 5.82 Å². The molecule has 0 aliphatic carbocycles. The van der Waals surface area contributed by atoms with Crippen LogP contribution in [0.25, 0.3) is 5.69 Å². The topological polar surface area (TPSA) is 77.6 Å². The Balaban J connectivity index is 1.54. The van der Waals surface area contributed by atoms with Gasteiger partial charge < -0.3 is 9.88 Å². The van der Waals surface area contributed by atoms with Crippen LogP contribution >= 0.6 is 0 Å². The molecule has 0 spiro atoms. The van der Waals surface area contributed by atoms with E-state index in [9.17, 15) is 4.79 Å². The maximum absolute atomic E-state index is 12.0. The van der Waals surface area contributed by atoms with Gasteiger partial charge in [0.05, 0.1) is 12.0 Å². The first kappa shape index (κ1) is 15.0. The van der Waals surface area contributed by atoms with E-state index in [1.165, 1.54) is 0 Å². The van der Waals surface area contributed by atoms with Crippen molar-refractivity contribution < 1.29 is 4.79 Å². The number of amides is 1. The minimum Gasteiger partial charge on any atom is -0.349 e. The van der Waals surface area contributed by atoms with E-state index in [0.717, 1.165) is 24.2 Å². The molecule has 1 aromatic carbocycles. The highest BCUT2D eigenvalue weighted by atomic mass is 16.2. The normalized spacial score (nSPS) is 10.7. The average Bonchev–Trinajstić information content (AvgIpc) is 3.23. The van der Waals surface area contributed by atoms with Crippen LogP contribution in [0.2, 0.25) is 0 Å². The third-order valence-electron chi connectivity index (χ3n) is 3.40. The second-order valence-corrected chi connectivity index (χ2v) is 5.26. The summed E-state index contributed by atoms with van der Waals surface area (Å²) in [5, 5.41) is 7.06. The van der Waals surface area contributed by atoms with E-state index in [4.69, 9.17) is 0 Å².